The minimum Gasteiger partial charge on any atom is -0.348 e. The molecule has 3 heteroatoms. The van der Waals surface area contributed by atoms with Crippen LogP contribution in [0.4, 0.5) is 0 Å². The molecule has 2 aromatic heterocycles. The van der Waals surface area contributed by atoms with Gasteiger partial charge in [0.05, 0.1) is 0 Å². The first-order valence-electron chi connectivity index (χ1n) is 4.46. The van der Waals surface area contributed by atoms with Gasteiger partial charge in [0.15, 0.2) is 0 Å². The van der Waals surface area contributed by atoms with Gasteiger partial charge < -0.3 is 4.98 Å². The first-order chi connectivity index (χ1) is 6.29. The second-order valence-electron chi connectivity index (χ2n) is 3.37. The van der Waals surface area contributed by atoms with E-state index in [0.29, 0.717) is 5.92 Å². The van der Waals surface area contributed by atoms with E-state index in [1.54, 1.807) is 0 Å². The standard InChI is InChI=1S/C10H13N3/c1-8(2)10-12-6-7-13(10)9-4-3-5-11-9/h3-8,11H,1-2H3. The van der Waals surface area contributed by atoms with E-state index in [1.165, 1.54) is 0 Å². The van der Waals surface area contributed by atoms with Crippen molar-refractivity contribution in [2.45, 2.75) is 19.8 Å². The molecule has 0 aliphatic carbocycles. The molecule has 2 aromatic rings. The molecule has 0 spiro atoms. The Kier molecular flexibility index (Phi) is 1.93. The fourth-order valence-electron chi connectivity index (χ4n) is 1.42. The first-order valence-corrected chi connectivity index (χ1v) is 4.46. The molecular formula is C10H13N3. The Labute approximate surface area is 77.4 Å². The normalized spacial score (nSPS) is 11.0. The summed E-state index contributed by atoms with van der Waals surface area (Å²) < 4.78 is 2.07. The predicted molar refractivity (Wildman–Crippen MR) is 52.0 cm³/mol. The van der Waals surface area contributed by atoms with Gasteiger partial charge in [-0.25, -0.2) is 4.98 Å². The Hall–Kier alpha value is -1.51. The fraction of sp³-hybridized carbons (Fsp3) is 0.300. The maximum absolute atomic E-state index is 4.31. The Morgan fingerprint density at radius 3 is 2.92 bits per heavy atom. The van der Waals surface area contributed by atoms with Crippen LogP contribution >= 0.6 is 0 Å². The molecule has 13 heavy (non-hydrogen) atoms. The highest BCUT2D eigenvalue weighted by atomic mass is 15.1. The van der Waals surface area contributed by atoms with E-state index in [0.717, 1.165) is 11.6 Å². The van der Waals surface area contributed by atoms with Gasteiger partial charge in [-0.1, -0.05) is 13.8 Å². The Morgan fingerprint density at radius 2 is 2.31 bits per heavy atom. The second kappa shape index (κ2) is 3.09. The van der Waals surface area contributed by atoms with Gasteiger partial charge in [0.2, 0.25) is 0 Å². The van der Waals surface area contributed by atoms with Crippen LogP contribution in [0.15, 0.2) is 30.7 Å². The van der Waals surface area contributed by atoms with Gasteiger partial charge in [0.1, 0.15) is 11.6 Å². The number of aromatic nitrogens is 3. The van der Waals surface area contributed by atoms with E-state index in [4.69, 9.17) is 0 Å². The van der Waals surface area contributed by atoms with Gasteiger partial charge in [0.25, 0.3) is 0 Å². The van der Waals surface area contributed by atoms with Crippen molar-refractivity contribution < 1.29 is 0 Å². The molecule has 0 fully saturated rings. The van der Waals surface area contributed by atoms with Crippen LogP contribution in [0.3, 0.4) is 0 Å². The highest BCUT2D eigenvalue weighted by molar-refractivity contribution is 5.25. The number of imidazole rings is 1. The summed E-state index contributed by atoms with van der Waals surface area (Å²) in [5, 5.41) is 0. The molecule has 2 heterocycles. The number of nitrogens with zero attached hydrogens (tertiary/aromatic N) is 2. The van der Waals surface area contributed by atoms with Gasteiger partial charge in [-0.15, -0.1) is 0 Å². The van der Waals surface area contributed by atoms with Crippen LogP contribution in [0.25, 0.3) is 5.82 Å². The minimum absolute atomic E-state index is 0.443. The van der Waals surface area contributed by atoms with E-state index in [2.05, 4.69) is 28.4 Å². The summed E-state index contributed by atoms with van der Waals surface area (Å²) in [5.41, 5.74) is 0. The van der Waals surface area contributed by atoms with E-state index >= 15 is 0 Å². The number of H-pyrrole nitrogens is 1. The quantitative estimate of drug-likeness (QED) is 0.746. The van der Waals surface area contributed by atoms with Crippen molar-refractivity contribution in [3.05, 3.63) is 36.5 Å². The molecule has 0 saturated carbocycles. The third-order valence-electron chi connectivity index (χ3n) is 2.03. The third kappa shape index (κ3) is 1.37. The molecule has 2 rings (SSSR count). The zero-order valence-electron chi connectivity index (χ0n) is 7.86. The lowest BCUT2D eigenvalue weighted by atomic mass is 10.2. The Morgan fingerprint density at radius 1 is 1.46 bits per heavy atom. The van der Waals surface area contributed by atoms with Crippen molar-refractivity contribution in [3.63, 3.8) is 0 Å². The van der Waals surface area contributed by atoms with Gasteiger partial charge in [-0.2, -0.15) is 0 Å². The lowest BCUT2D eigenvalue weighted by Gasteiger charge is -2.07. The van der Waals surface area contributed by atoms with Crippen LogP contribution in [-0.4, -0.2) is 14.5 Å². The lowest BCUT2D eigenvalue weighted by Crippen LogP contribution is -2.02. The largest absolute Gasteiger partial charge is 0.348 e. The average Bonchev–Trinajstić information content (AvgIpc) is 2.74. The SMILES string of the molecule is CC(C)c1nccn1-c1ccc[nH]1. The van der Waals surface area contributed by atoms with Gasteiger partial charge in [-0.05, 0) is 12.1 Å². The summed E-state index contributed by atoms with van der Waals surface area (Å²) in [5.74, 6) is 2.60. The summed E-state index contributed by atoms with van der Waals surface area (Å²) in [6.45, 7) is 4.28. The van der Waals surface area contributed by atoms with E-state index in [-0.39, 0.29) is 0 Å². The summed E-state index contributed by atoms with van der Waals surface area (Å²) in [7, 11) is 0. The topological polar surface area (TPSA) is 33.6 Å². The zero-order chi connectivity index (χ0) is 9.26. The molecule has 0 aliphatic heterocycles. The molecule has 0 atom stereocenters. The fourth-order valence-corrected chi connectivity index (χ4v) is 1.42. The highest BCUT2D eigenvalue weighted by Gasteiger charge is 2.08. The second-order valence-corrected chi connectivity index (χ2v) is 3.37. The summed E-state index contributed by atoms with van der Waals surface area (Å²) in [6.07, 6.45) is 5.72. The molecule has 3 nitrogen and oxygen atoms in total. The Balaban J connectivity index is 2.46. The highest BCUT2D eigenvalue weighted by Crippen LogP contribution is 2.15. The van der Waals surface area contributed by atoms with Crippen molar-refractivity contribution >= 4 is 0 Å². The maximum Gasteiger partial charge on any atom is 0.116 e. The van der Waals surface area contributed by atoms with Crippen LogP contribution < -0.4 is 0 Å². The van der Waals surface area contributed by atoms with Crippen molar-refractivity contribution in [2.24, 2.45) is 0 Å². The molecule has 0 amide bonds. The van der Waals surface area contributed by atoms with Crippen LogP contribution in [0.2, 0.25) is 0 Å². The van der Waals surface area contributed by atoms with Crippen molar-refractivity contribution in [1.82, 2.24) is 14.5 Å². The van der Waals surface area contributed by atoms with Crippen molar-refractivity contribution in [3.8, 4) is 5.82 Å². The van der Waals surface area contributed by atoms with E-state index in [9.17, 15) is 0 Å². The van der Waals surface area contributed by atoms with Gasteiger partial charge in [-0.3, -0.25) is 4.57 Å². The predicted octanol–water partition coefficient (Wildman–Crippen LogP) is 2.32. The van der Waals surface area contributed by atoms with Crippen LogP contribution in [0.5, 0.6) is 0 Å². The third-order valence-corrected chi connectivity index (χ3v) is 2.03. The monoisotopic (exact) mass is 175 g/mol. The molecule has 0 bridgehead atoms. The molecule has 0 unspecified atom stereocenters. The summed E-state index contributed by atoms with van der Waals surface area (Å²) in [4.78, 5) is 7.47. The lowest BCUT2D eigenvalue weighted by molar-refractivity contribution is 0.745. The molecule has 0 aromatic carbocycles. The van der Waals surface area contributed by atoms with Crippen LogP contribution in [0.1, 0.15) is 25.6 Å². The van der Waals surface area contributed by atoms with Crippen LogP contribution in [-0.2, 0) is 0 Å². The summed E-state index contributed by atoms with van der Waals surface area (Å²) in [6, 6.07) is 4.02. The Bertz CT molecular complexity index is 371. The molecule has 0 saturated heterocycles. The smallest absolute Gasteiger partial charge is 0.116 e. The number of aromatic amines is 1. The molecular weight excluding hydrogens is 162 g/mol. The van der Waals surface area contributed by atoms with Crippen LogP contribution in [0, 0.1) is 0 Å². The van der Waals surface area contributed by atoms with E-state index < -0.39 is 0 Å². The van der Waals surface area contributed by atoms with Gasteiger partial charge in [0, 0.05) is 24.5 Å². The maximum atomic E-state index is 4.31. The molecule has 0 radical (unpaired) electrons. The van der Waals surface area contributed by atoms with Crippen molar-refractivity contribution in [1.29, 1.82) is 0 Å². The molecule has 68 valence electrons. The number of hydrogen-bond donors (Lipinski definition) is 1. The number of rotatable bonds is 2. The molecule has 1 N–H and O–H groups in total. The first kappa shape index (κ1) is 8.10. The van der Waals surface area contributed by atoms with Gasteiger partial charge >= 0.3 is 0 Å². The number of nitrogens with one attached hydrogen (secondary N) is 1. The van der Waals surface area contributed by atoms with E-state index in [1.807, 2.05) is 30.7 Å². The number of hydrogen-bond acceptors (Lipinski definition) is 1. The zero-order valence-corrected chi connectivity index (χ0v) is 7.86. The summed E-state index contributed by atoms with van der Waals surface area (Å²) >= 11 is 0. The minimum atomic E-state index is 0.443. The molecule has 0 aliphatic rings. The van der Waals surface area contributed by atoms with Crippen molar-refractivity contribution in [2.75, 3.05) is 0 Å². The average molecular weight is 175 g/mol.